The van der Waals surface area contributed by atoms with Gasteiger partial charge in [-0.1, -0.05) is 42.5 Å². The zero-order valence-electron chi connectivity index (χ0n) is 18.1. The third-order valence-corrected chi connectivity index (χ3v) is 5.64. The number of rotatable bonds is 6. The summed E-state index contributed by atoms with van der Waals surface area (Å²) >= 11 is 0. The van der Waals surface area contributed by atoms with Crippen LogP contribution in [0, 0.1) is 5.92 Å². The normalized spacial score (nSPS) is 15.6. The number of nitrogens with zero attached hydrogens (tertiary/aromatic N) is 2. The Morgan fingerprint density at radius 2 is 1.84 bits per heavy atom. The van der Waals surface area contributed by atoms with E-state index in [9.17, 15) is 14.4 Å². The van der Waals surface area contributed by atoms with E-state index in [1.54, 1.807) is 43.3 Å². The van der Waals surface area contributed by atoms with E-state index in [-0.39, 0.29) is 30.7 Å². The highest BCUT2D eigenvalue weighted by Gasteiger charge is 2.37. The van der Waals surface area contributed by atoms with Crippen molar-refractivity contribution in [1.29, 1.82) is 0 Å². The molecule has 3 aromatic rings. The van der Waals surface area contributed by atoms with Crippen LogP contribution in [0.2, 0.25) is 0 Å². The zero-order chi connectivity index (χ0) is 22.7. The fraction of sp³-hybridized carbons (Fsp3) is 0.240. The molecule has 7 heteroatoms. The van der Waals surface area contributed by atoms with Gasteiger partial charge in [-0.15, -0.1) is 0 Å². The van der Waals surface area contributed by atoms with Crippen molar-refractivity contribution in [2.75, 3.05) is 37.5 Å². The Morgan fingerprint density at radius 3 is 2.66 bits per heavy atom. The Kier molecular flexibility index (Phi) is 6.07. The van der Waals surface area contributed by atoms with Crippen LogP contribution in [0.3, 0.4) is 0 Å². The lowest BCUT2D eigenvalue weighted by atomic mass is 10.1. The summed E-state index contributed by atoms with van der Waals surface area (Å²) in [5.41, 5.74) is 1.40. The second-order valence-corrected chi connectivity index (χ2v) is 7.88. The highest BCUT2D eigenvalue weighted by atomic mass is 16.5. The number of hydrogen-bond acceptors (Lipinski definition) is 4. The number of anilines is 2. The Balaban J connectivity index is 1.41. The van der Waals surface area contributed by atoms with Gasteiger partial charge in [-0.3, -0.25) is 14.4 Å². The first kappa shape index (κ1) is 21.4. The monoisotopic (exact) mass is 431 g/mol. The van der Waals surface area contributed by atoms with Crippen LogP contribution in [0.15, 0.2) is 66.7 Å². The number of ether oxygens (including phenoxy) is 1. The molecular weight excluding hydrogens is 406 g/mol. The topological polar surface area (TPSA) is 79.0 Å². The molecule has 0 spiro atoms. The maximum absolute atomic E-state index is 13.0. The van der Waals surface area contributed by atoms with Crippen LogP contribution in [-0.2, 0) is 14.4 Å². The van der Waals surface area contributed by atoms with E-state index in [0.29, 0.717) is 18.0 Å². The van der Waals surface area contributed by atoms with Gasteiger partial charge in [0.1, 0.15) is 5.75 Å². The molecule has 0 unspecified atom stereocenters. The Hall–Kier alpha value is -3.87. The quantitative estimate of drug-likeness (QED) is 0.650. The fourth-order valence-corrected chi connectivity index (χ4v) is 4.06. The highest BCUT2D eigenvalue weighted by Crippen LogP contribution is 2.32. The number of benzene rings is 3. The van der Waals surface area contributed by atoms with Crippen LogP contribution in [0.25, 0.3) is 10.8 Å². The van der Waals surface area contributed by atoms with Gasteiger partial charge in [-0.05, 0) is 23.6 Å². The smallest absolute Gasteiger partial charge is 0.243 e. The van der Waals surface area contributed by atoms with E-state index in [1.165, 1.54) is 4.90 Å². The molecule has 0 bridgehead atoms. The molecule has 3 aromatic carbocycles. The molecule has 164 valence electrons. The van der Waals surface area contributed by atoms with Crippen LogP contribution in [0.1, 0.15) is 6.42 Å². The van der Waals surface area contributed by atoms with E-state index in [4.69, 9.17) is 4.74 Å². The van der Waals surface area contributed by atoms with Crippen molar-refractivity contribution in [1.82, 2.24) is 4.90 Å². The summed E-state index contributed by atoms with van der Waals surface area (Å²) in [6, 6.07) is 20.7. The van der Waals surface area contributed by atoms with Crippen molar-refractivity contribution in [2.45, 2.75) is 6.42 Å². The van der Waals surface area contributed by atoms with Gasteiger partial charge in [-0.25, -0.2) is 0 Å². The highest BCUT2D eigenvalue weighted by molar-refractivity contribution is 6.07. The summed E-state index contributed by atoms with van der Waals surface area (Å²) < 4.78 is 5.15. The summed E-state index contributed by atoms with van der Waals surface area (Å²) in [5.74, 6) is -0.485. The SMILES string of the molecule is COc1cccc(NC(=O)CN(C)C(=O)[C@H]2CC(=O)N(c3cccc4ccccc34)C2)c1. The zero-order valence-corrected chi connectivity index (χ0v) is 18.1. The molecular formula is C25H25N3O4. The van der Waals surface area contributed by atoms with Gasteiger partial charge < -0.3 is 19.9 Å². The predicted molar refractivity (Wildman–Crippen MR) is 124 cm³/mol. The summed E-state index contributed by atoms with van der Waals surface area (Å²) in [6.07, 6.45) is 0.129. The average Bonchev–Trinajstić information content (AvgIpc) is 3.19. The first-order chi connectivity index (χ1) is 15.5. The standard InChI is InChI=1S/C25H25N3O4/c1-27(16-23(29)26-19-9-6-10-20(14-19)32-2)25(31)18-13-24(30)28(15-18)22-12-5-8-17-7-3-4-11-21(17)22/h3-12,14,18H,13,15-16H2,1-2H3,(H,26,29)/t18-/m0/s1. The first-order valence-corrected chi connectivity index (χ1v) is 10.4. The predicted octanol–water partition coefficient (Wildman–Crippen LogP) is 3.30. The molecule has 0 saturated carbocycles. The average molecular weight is 431 g/mol. The number of carbonyl (C=O) groups is 3. The van der Waals surface area contributed by atoms with Gasteiger partial charge in [0, 0.05) is 37.2 Å². The molecule has 32 heavy (non-hydrogen) atoms. The van der Waals surface area contributed by atoms with Gasteiger partial charge >= 0.3 is 0 Å². The van der Waals surface area contributed by atoms with Crippen molar-refractivity contribution >= 4 is 39.9 Å². The lowest BCUT2D eigenvalue weighted by Crippen LogP contribution is -2.39. The van der Waals surface area contributed by atoms with E-state index in [2.05, 4.69) is 5.32 Å². The molecule has 0 aliphatic carbocycles. The third-order valence-electron chi connectivity index (χ3n) is 5.64. The Labute approximate surface area is 186 Å². The third kappa shape index (κ3) is 4.42. The van der Waals surface area contributed by atoms with Crippen LogP contribution in [0.4, 0.5) is 11.4 Å². The first-order valence-electron chi connectivity index (χ1n) is 10.4. The second kappa shape index (κ2) is 9.09. The molecule has 1 aliphatic heterocycles. The molecule has 1 aliphatic rings. The van der Waals surface area contributed by atoms with E-state index >= 15 is 0 Å². The molecule has 4 rings (SSSR count). The van der Waals surface area contributed by atoms with Gasteiger partial charge in [0.05, 0.1) is 25.3 Å². The summed E-state index contributed by atoms with van der Waals surface area (Å²) in [7, 11) is 3.14. The lowest BCUT2D eigenvalue weighted by Gasteiger charge is -2.22. The number of fused-ring (bicyclic) bond motifs is 1. The minimum atomic E-state index is -0.490. The summed E-state index contributed by atoms with van der Waals surface area (Å²) in [6.45, 7) is 0.197. The maximum Gasteiger partial charge on any atom is 0.243 e. The molecule has 1 saturated heterocycles. The van der Waals surface area contributed by atoms with Crippen LogP contribution >= 0.6 is 0 Å². The van der Waals surface area contributed by atoms with Crippen LogP contribution < -0.4 is 15.0 Å². The molecule has 1 atom stereocenters. The molecule has 0 aromatic heterocycles. The fourth-order valence-electron chi connectivity index (χ4n) is 4.06. The maximum atomic E-state index is 13.0. The number of hydrogen-bond donors (Lipinski definition) is 1. The molecule has 7 nitrogen and oxygen atoms in total. The number of likely N-dealkylation sites (N-methyl/N-ethyl adjacent to an activating group) is 1. The molecule has 0 radical (unpaired) electrons. The van der Waals surface area contributed by atoms with E-state index in [1.807, 2.05) is 42.5 Å². The van der Waals surface area contributed by atoms with Crippen molar-refractivity contribution in [3.05, 3.63) is 66.7 Å². The van der Waals surface area contributed by atoms with Gasteiger partial charge in [-0.2, -0.15) is 0 Å². The Morgan fingerprint density at radius 1 is 1.09 bits per heavy atom. The summed E-state index contributed by atoms with van der Waals surface area (Å²) in [4.78, 5) is 41.2. The van der Waals surface area contributed by atoms with Gasteiger partial charge in [0.25, 0.3) is 0 Å². The van der Waals surface area contributed by atoms with Crippen molar-refractivity contribution in [3.8, 4) is 5.75 Å². The number of amides is 3. The van der Waals surface area contributed by atoms with Gasteiger partial charge in [0.2, 0.25) is 17.7 Å². The molecule has 1 N–H and O–H groups in total. The van der Waals surface area contributed by atoms with E-state index < -0.39 is 5.92 Å². The van der Waals surface area contributed by atoms with Crippen molar-refractivity contribution in [3.63, 3.8) is 0 Å². The Bertz CT molecular complexity index is 1170. The molecule has 3 amide bonds. The molecule has 1 fully saturated rings. The van der Waals surface area contributed by atoms with Crippen LogP contribution in [0.5, 0.6) is 5.75 Å². The van der Waals surface area contributed by atoms with Gasteiger partial charge in [0.15, 0.2) is 0 Å². The van der Waals surface area contributed by atoms with Crippen LogP contribution in [-0.4, -0.2) is 49.9 Å². The van der Waals surface area contributed by atoms with Crippen molar-refractivity contribution in [2.24, 2.45) is 5.92 Å². The minimum absolute atomic E-state index is 0.0889. The van der Waals surface area contributed by atoms with E-state index in [0.717, 1.165) is 16.5 Å². The lowest BCUT2D eigenvalue weighted by molar-refractivity contribution is -0.137. The van der Waals surface area contributed by atoms with Crippen molar-refractivity contribution < 1.29 is 19.1 Å². The number of carbonyl (C=O) groups excluding carboxylic acids is 3. The molecule has 1 heterocycles. The largest absolute Gasteiger partial charge is 0.497 e. The number of nitrogens with one attached hydrogen (secondary N) is 1. The second-order valence-electron chi connectivity index (χ2n) is 7.88. The minimum Gasteiger partial charge on any atom is -0.497 e. The summed E-state index contributed by atoms with van der Waals surface area (Å²) in [5, 5.41) is 4.78. The number of methoxy groups -OCH3 is 1.